The maximum Gasteiger partial charge on any atom is 0.0471 e. The maximum atomic E-state index is 3.62. The highest BCUT2D eigenvalue weighted by Gasteiger charge is 2.35. The maximum absolute atomic E-state index is 3.62. The van der Waals surface area contributed by atoms with Crippen molar-refractivity contribution in [3.63, 3.8) is 0 Å². The Morgan fingerprint density at radius 2 is 1.02 bits per heavy atom. The average molecular weight is 603 g/mol. The summed E-state index contributed by atoms with van der Waals surface area (Å²) in [6, 6.07) is 59.6. The van der Waals surface area contributed by atoms with Crippen LogP contribution in [-0.4, -0.2) is 4.98 Å². The Morgan fingerprint density at radius 3 is 1.89 bits per heavy atom. The van der Waals surface area contributed by atoms with Crippen LogP contribution >= 0.6 is 0 Å². The highest BCUT2D eigenvalue weighted by atomic mass is 15.1. The number of rotatable bonds is 5. The van der Waals surface area contributed by atoms with Crippen molar-refractivity contribution in [3.05, 3.63) is 175 Å². The summed E-state index contributed by atoms with van der Waals surface area (Å²) < 4.78 is 0. The quantitative estimate of drug-likeness (QED) is 0.208. The van der Waals surface area contributed by atoms with Crippen molar-refractivity contribution in [2.45, 2.75) is 19.3 Å². The zero-order valence-electron chi connectivity index (χ0n) is 26.5. The van der Waals surface area contributed by atoms with Crippen molar-refractivity contribution in [1.82, 2.24) is 4.98 Å². The van der Waals surface area contributed by atoms with Crippen molar-refractivity contribution in [2.75, 3.05) is 4.90 Å². The summed E-state index contributed by atoms with van der Waals surface area (Å²) in [6.45, 7) is 4.70. The summed E-state index contributed by atoms with van der Waals surface area (Å²) >= 11 is 0. The van der Waals surface area contributed by atoms with E-state index in [0.29, 0.717) is 0 Å². The van der Waals surface area contributed by atoms with Crippen molar-refractivity contribution in [1.29, 1.82) is 0 Å². The summed E-state index contributed by atoms with van der Waals surface area (Å²) in [5, 5.41) is 2.51. The van der Waals surface area contributed by atoms with Crippen molar-refractivity contribution in [3.8, 4) is 33.4 Å². The number of hydrogen-bond acceptors (Lipinski definition) is 1. The smallest absolute Gasteiger partial charge is 0.0471 e. The minimum atomic E-state index is -0.0817. The molecule has 0 spiro atoms. The molecule has 1 aliphatic rings. The molecule has 2 nitrogen and oxygen atoms in total. The SMILES string of the molecule is CC1(C)c2ccccc2-c2ccc(N(c3ccc(-c4ccccc4)cc3)c3cccc(-c4ccc5c(c4)[nH]c4ccccc45)c3)cc21. The van der Waals surface area contributed by atoms with Crippen LogP contribution in [0.2, 0.25) is 0 Å². The molecular weight excluding hydrogens is 569 g/mol. The largest absolute Gasteiger partial charge is 0.354 e. The minimum Gasteiger partial charge on any atom is -0.354 e. The predicted octanol–water partition coefficient (Wildman–Crippen LogP) is 12.4. The van der Waals surface area contributed by atoms with Crippen molar-refractivity contribution in [2.24, 2.45) is 0 Å². The van der Waals surface area contributed by atoms with Crippen LogP contribution in [0.3, 0.4) is 0 Å². The van der Waals surface area contributed by atoms with Crippen LogP contribution < -0.4 is 4.90 Å². The first-order valence-corrected chi connectivity index (χ1v) is 16.4. The Bertz CT molecular complexity index is 2430. The lowest BCUT2D eigenvalue weighted by Gasteiger charge is -2.28. The number of para-hydroxylation sites is 1. The van der Waals surface area contributed by atoms with Gasteiger partial charge in [0.15, 0.2) is 0 Å². The van der Waals surface area contributed by atoms with E-state index < -0.39 is 0 Å². The second kappa shape index (κ2) is 10.6. The first-order chi connectivity index (χ1) is 23.0. The van der Waals surface area contributed by atoms with Crippen molar-refractivity contribution < 1.29 is 0 Å². The van der Waals surface area contributed by atoms with Gasteiger partial charge in [-0.1, -0.05) is 129 Å². The molecule has 0 bridgehead atoms. The first kappa shape index (κ1) is 27.5. The number of hydrogen-bond donors (Lipinski definition) is 1. The number of nitrogens with one attached hydrogen (secondary N) is 1. The molecule has 8 aromatic rings. The molecule has 1 N–H and O–H groups in total. The van der Waals surface area contributed by atoms with Gasteiger partial charge in [0.1, 0.15) is 0 Å². The van der Waals surface area contributed by atoms with Crippen LogP contribution in [0.4, 0.5) is 17.1 Å². The third-order valence-corrected chi connectivity index (χ3v) is 10.0. The molecule has 47 heavy (non-hydrogen) atoms. The zero-order chi connectivity index (χ0) is 31.5. The van der Waals surface area contributed by atoms with E-state index in [1.807, 2.05) is 0 Å². The molecule has 0 radical (unpaired) electrons. The van der Waals surface area contributed by atoms with Gasteiger partial charge in [0.05, 0.1) is 0 Å². The molecule has 9 rings (SSSR count). The normalized spacial score (nSPS) is 13.1. The number of H-pyrrole nitrogens is 1. The number of aromatic nitrogens is 1. The Kier molecular flexibility index (Phi) is 6.20. The molecule has 224 valence electrons. The molecular formula is C45H34N2. The number of aromatic amines is 1. The van der Waals surface area contributed by atoms with Gasteiger partial charge in [-0.2, -0.15) is 0 Å². The van der Waals surface area contributed by atoms with Crippen LogP contribution in [0, 0.1) is 0 Å². The molecule has 0 aliphatic heterocycles. The summed E-state index contributed by atoms with van der Waals surface area (Å²) in [5.74, 6) is 0. The van der Waals surface area contributed by atoms with Crippen LogP contribution in [0.5, 0.6) is 0 Å². The van der Waals surface area contributed by atoms with Gasteiger partial charge in [-0.3, -0.25) is 0 Å². The van der Waals surface area contributed by atoms with E-state index >= 15 is 0 Å². The third kappa shape index (κ3) is 4.48. The van der Waals surface area contributed by atoms with Gasteiger partial charge < -0.3 is 9.88 Å². The lowest BCUT2D eigenvalue weighted by atomic mass is 9.82. The molecule has 0 atom stereocenters. The topological polar surface area (TPSA) is 19.0 Å². The van der Waals surface area contributed by atoms with Gasteiger partial charge in [0, 0.05) is 44.3 Å². The van der Waals surface area contributed by atoms with E-state index in [2.05, 4.69) is 188 Å². The highest BCUT2D eigenvalue weighted by molar-refractivity contribution is 6.08. The van der Waals surface area contributed by atoms with E-state index in [0.717, 1.165) is 22.6 Å². The van der Waals surface area contributed by atoms with E-state index in [9.17, 15) is 0 Å². The molecule has 7 aromatic carbocycles. The first-order valence-electron chi connectivity index (χ1n) is 16.4. The van der Waals surface area contributed by atoms with Gasteiger partial charge >= 0.3 is 0 Å². The number of anilines is 3. The average Bonchev–Trinajstić information content (AvgIpc) is 3.61. The van der Waals surface area contributed by atoms with Gasteiger partial charge in [-0.05, 0) is 93.0 Å². The minimum absolute atomic E-state index is 0.0817. The molecule has 1 heterocycles. The summed E-state index contributed by atoms with van der Waals surface area (Å²) in [4.78, 5) is 6.03. The Balaban J connectivity index is 1.18. The molecule has 0 amide bonds. The fourth-order valence-electron chi connectivity index (χ4n) is 7.57. The molecule has 1 aromatic heterocycles. The van der Waals surface area contributed by atoms with Gasteiger partial charge in [0.2, 0.25) is 0 Å². The van der Waals surface area contributed by atoms with Crippen LogP contribution in [0.25, 0.3) is 55.2 Å². The molecule has 0 unspecified atom stereocenters. The second-order valence-electron chi connectivity index (χ2n) is 13.1. The predicted molar refractivity (Wildman–Crippen MR) is 199 cm³/mol. The second-order valence-corrected chi connectivity index (χ2v) is 13.1. The van der Waals surface area contributed by atoms with Crippen LogP contribution in [-0.2, 0) is 5.41 Å². The number of benzene rings is 7. The molecule has 0 saturated carbocycles. The Hall–Kier alpha value is -5.86. The number of fused-ring (bicyclic) bond motifs is 6. The Labute approximate surface area is 275 Å². The molecule has 0 saturated heterocycles. The lowest BCUT2D eigenvalue weighted by Crippen LogP contribution is -2.16. The highest BCUT2D eigenvalue weighted by Crippen LogP contribution is 2.50. The van der Waals surface area contributed by atoms with E-state index in [4.69, 9.17) is 0 Å². The molecule has 1 aliphatic carbocycles. The summed E-state index contributed by atoms with van der Waals surface area (Å²) in [5.41, 5.74) is 15.9. The summed E-state index contributed by atoms with van der Waals surface area (Å²) in [6.07, 6.45) is 0. The van der Waals surface area contributed by atoms with Gasteiger partial charge in [-0.25, -0.2) is 0 Å². The lowest BCUT2D eigenvalue weighted by molar-refractivity contribution is 0.660. The molecule has 0 fully saturated rings. The zero-order valence-corrected chi connectivity index (χ0v) is 26.5. The van der Waals surface area contributed by atoms with Gasteiger partial charge in [-0.15, -0.1) is 0 Å². The molecule has 2 heteroatoms. The number of nitrogens with zero attached hydrogens (tertiary/aromatic N) is 1. The van der Waals surface area contributed by atoms with Crippen LogP contribution in [0.15, 0.2) is 164 Å². The standard InChI is InChI=1S/C45H34N2/c1-45(2)41-17-8-6-15-37(41)38-26-24-36(29-42(38)45)47(34-22-19-31(20-23-34)30-11-4-3-5-12-30)35-14-10-13-32(27-35)33-21-25-40-39-16-7-9-18-43(39)46-44(40)28-33/h3-29,46H,1-2H3. The fourth-order valence-corrected chi connectivity index (χ4v) is 7.57. The van der Waals surface area contributed by atoms with E-state index in [-0.39, 0.29) is 5.41 Å². The monoisotopic (exact) mass is 602 g/mol. The van der Waals surface area contributed by atoms with Crippen LogP contribution in [0.1, 0.15) is 25.0 Å². The van der Waals surface area contributed by atoms with Gasteiger partial charge in [0.25, 0.3) is 0 Å². The van der Waals surface area contributed by atoms with Crippen molar-refractivity contribution >= 4 is 38.9 Å². The fraction of sp³-hybridized carbons (Fsp3) is 0.0667. The van der Waals surface area contributed by atoms with E-state index in [1.54, 1.807) is 0 Å². The third-order valence-electron chi connectivity index (χ3n) is 10.0. The Morgan fingerprint density at radius 1 is 0.404 bits per heavy atom. The van der Waals surface area contributed by atoms with E-state index in [1.165, 1.54) is 60.8 Å². The summed E-state index contributed by atoms with van der Waals surface area (Å²) in [7, 11) is 0.